The van der Waals surface area contributed by atoms with Gasteiger partial charge in [0.25, 0.3) is 0 Å². The van der Waals surface area contributed by atoms with Crippen LogP contribution in [0.2, 0.25) is 0 Å². The van der Waals surface area contributed by atoms with Gasteiger partial charge in [0.1, 0.15) is 0 Å². The molecule has 2 aromatic carbocycles. The maximum absolute atomic E-state index is 3.52. The molecule has 0 heterocycles. The second kappa shape index (κ2) is 10.4. The molecule has 1 saturated carbocycles. The quantitative estimate of drug-likeness (QED) is 0.367. The largest absolute Gasteiger partial charge is 0.0945 e. The summed E-state index contributed by atoms with van der Waals surface area (Å²) in [5.41, 5.74) is 5.18. The summed E-state index contributed by atoms with van der Waals surface area (Å²) < 4.78 is 0. The van der Waals surface area contributed by atoms with E-state index in [1.807, 2.05) is 0 Å². The van der Waals surface area contributed by atoms with E-state index in [9.17, 15) is 0 Å². The molecule has 0 aromatic heterocycles. The Labute approximate surface area is 166 Å². The number of hydrogen-bond donors (Lipinski definition) is 0. The molecule has 27 heavy (non-hydrogen) atoms. The molecule has 0 bridgehead atoms. The highest BCUT2D eigenvalue weighted by molar-refractivity contribution is 5.64. The normalized spacial score (nSPS) is 19.3. The van der Waals surface area contributed by atoms with Crippen LogP contribution in [0.1, 0.15) is 76.3 Å². The molecule has 1 aliphatic rings. The fraction of sp³-hybridized carbons (Fsp3) is 0.481. The number of hydrogen-bond acceptors (Lipinski definition) is 0. The summed E-state index contributed by atoms with van der Waals surface area (Å²) in [5.74, 6) is 8.49. The first-order valence-electron chi connectivity index (χ1n) is 11.0. The molecule has 0 radical (unpaired) electrons. The van der Waals surface area contributed by atoms with E-state index in [1.54, 1.807) is 0 Å². The summed E-state index contributed by atoms with van der Waals surface area (Å²) in [7, 11) is 0. The van der Waals surface area contributed by atoms with Gasteiger partial charge in [-0.05, 0) is 73.3 Å². The van der Waals surface area contributed by atoms with E-state index < -0.39 is 0 Å². The van der Waals surface area contributed by atoms with Crippen molar-refractivity contribution >= 4 is 0 Å². The molecule has 142 valence electrons. The van der Waals surface area contributed by atoms with Gasteiger partial charge in [0.2, 0.25) is 0 Å². The van der Waals surface area contributed by atoms with Crippen LogP contribution in [-0.4, -0.2) is 0 Å². The molecule has 2 aromatic rings. The van der Waals surface area contributed by atoms with Crippen LogP contribution in [0.25, 0.3) is 11.1 Å². The Hall–Kier alpha value is -2.00. The minimum absolute atomic E-state index is 0.604. The Bertz CT molecular complexity index is 731. The van der Waals surface area contributed by atoms with Gasteiger partial charge in [0.15, 0.2) is 0 Å². The molecule has 0 saturated heterocycles. The monoisotopic (exact) mass is 358 g/mol. The van der Waals surface area contributed by atoms with E-state index in [0.29, 0.717) is 5.92 Å². The third-order valence-electron chi connectivity index (χ3n) is 6.09. The lowest BCUT2D eigenvalue weighted by atomic mass is 9.81. The summed E-state index contributed by atoms with van der Waals surface area (Å²) in [5, 5.41) is 0. The summed E-state index contributed by atoms with van der Waals surface area (Å²) in [4.78, 5) is 0. The molecule has 0 amide bonds. The minimum Gasteiger partial charge on any atom is -0.0945 e. The van der Waals surface area contributed by atoms with Crippen molar-refractivity contribution in [2.75, 3.05) is 0 Å². The Morgan fingerprint density at radius 3 is 2.00 bits per heavy atom. The fourth-order valence-electron chi connectivity index (χ4n) is 4.09. The zero-order chi connectivity index (χ0) is 18.9. The van der Waals surface area contributed by atoms with Crippen molar-refractivity contribution in [2.45, 2.75) is 71.6 Å². The van der Waals surface area contributed by atoms with Crippen molar-refractivity contribution in [3.63, 3.8) is 0 Å². The lowest BCUT2D eigenvalue weighted by Gasteiger charge is -2.24. The van der Waals surface area contributed by atoms with Crippen molar-refractivity contribution in [3.8, 4) is 23.0 Å². The number of benzene rings is 2. The fourth-order valence-corrected chi connectivity index (χ4v) is 4.09. The zero-order valence-corrected chi connectivity index (χ0v) is 17.1. The van der Waals surface area contributed by atoms with E-state index in [-0.39, 0.29) is 0 Å². The minimum atomic E-state index is 0.604. The summed E-state index contributed by atoms with van der Waals surface area (Å²) >= 11 is 0. The summed E-state index contributed by atoms with van der Waals surface area (Å²) in [6.07, 6.45) is 11.7. The molecule has 0 unspecified atom stereocenters. The second-order valence-corrected chi connectivity index (χ2v) is 8.13. The average molecular weight is 359 g/mol. The van der Waals surface area contributed by atoms with Crippen molar-refractivity contribution in [3.05, 3.63) is 59.7 Å². The first kappa shape index (κ1) is 19.8. The highest BCUT2D eigenvalue weighted by Gasteiger charge is 2.17. The van der Waals surface area contributed by atoms with Crippen LogP contribution in [0.15, 0.2) is 48.5 Å². The van der Waals surface area contributed by atoms with Crippen molar-refractivity contribution in [2.24, 2.45) is 11.8 Å². The van der Waals surface area contributed by atoms with E-state index in [1.165, 1.54) is 74.5 Å². The highest BCUT2D eigenvalue weighted by Crippen LogP contribution is 2.30. The van der Waals surface area contributed by atoms with Gasteiger partial charge in [-0.15, -0.1) is 0 Å². The van der Waals surface area contributed by atoms with E-state index in [0.717, 1.165) is 11.5 Å². The Morgan fingerprint density at radius 1 is 0.778 bits per heavy atom. The van der Waals surface area contributed by atoms with Crippen LogP contribution in [0, 0.1) is 23.7 Å². The molecule has 1 aliphatic carbocycles. The molecule has 0 heteroatoms. The van der Waals surface area contributed by atoms with Crippen LogP contribution in [0.5, 0.6) is 0 Å². The van der Waals surface area contributed by atoms with Crippen LogP contribution in [0.4, 0.5) is 0 Å². The number of rotatable bonds is 6. The Morgan fingerprint density at radius 2 is 1.41 bits per heavy atom. The average Bonchev–Trinajstić information content (AvgIpc) is 2.74. The zero-order valence-electron chi connectivity index (χ0n) is 17.1. The van der Waals surface area contributed by atoms with Gasteiger partial charge in [-0.3, -0.25) is 0 Å². The molecule has 0 N–H and O–H groups in total. The molecular formula is C27H34. The van der Waals surface area contributed by atoms with E-state index >= 15 is 0 Å². The molecule has 0 nitrogen and oxygen atoms in total. The van der Waals surface area contributed by atoms with Gasteiger partial charge in [-0.25, -0.2) is 0 Å². The Balaban J connectivity index is 1.57. The summed E-state index contributed by atoms with van der Waals surface area (Å²) in [6, 6.07) is 17.9. The molecule has 0 spiro atoms. The third kappa shape index (κ3) is 6.00. The van der Waals surface area contributed by atoms with Gasteiger partial charge < -0.3 is 0 Å². The van der Waals surface area contributed by atoms with Crippen molar-refractivity contribution < 1.29 is 0 Å². The van der Waals surface area contributed by atoms with Gasteiger partial charge in [-0.1, -0.05) is 81.3 Å². The molecule has 0 atom stereocenters. The topological polar surface area (TPSA) is 0 Å². The lowest BCUT2D eigenvalue weighted by Crippen LogP contribution is -2.12. The van der Waals surface area contributed by atoms with Crippen molar-refractivity contribution in [1.29, 1.82) is 0 Å². The molecule has 1 fully saturated rings. The number of unbranched alkanes of at least 4 members (excludes halogenated alkanes) is 2. The smallest absolute Gasteiger partial charge is 0.0245 e. The van der Waals surface area contributed by atoms with E-state index in [4.69, 9.17) is 0 Å². The van der Waals surface area contributed by atoms with Crippen LogP contribution < -0.4 is 0 Å². The van der Waals surface area contributed by atoms with Gasteiger partial charge in [0, 0.05) is 11.5 Å². The van der Waals surface area contributed by atoms with Crippen LogP contribution in [-0.2, 0) is 6.42 Å². The predicted molar refractivity (Wildman–Crippen MR) is 118 cm³/mol. The predicted octanol–water partition coefficient (Wildman–Crippen LogP) is 7.65. The highest BCUT2D eigenvalue weighted by atomic mass is 14.2. The third-order valence-corrected chi connectivity index (χ3v) is 6.09. The van der Waals surface area contributed by atoms with Gasteiger partial charge in [-0.2, -0.15) is 0 Å². The standard InChI is InChI=1S/C27H34/c1-3-5-6-7-23-14-18-26(19-15-23)27-20-16-25(17-21-27)13-12-24-10-8-22(4-2)9-11-24/h14-22,24H,3-11H2,1-2H3/t22-,24-. The van der Waals surface area contributed by atoms with E-state index in [2.05, 4.69) is 74.2 Å². The SMILES string of the molecule is CCCCCc1ccc(-c2ccc(C#C[C@H]3CC[C@H](CC)CC3)cc2)cc1. The molecule has 0 aliphatic heterocycles. The van der Waals surface area contributed by atoms with Crippen molar-refractivity contribution in [1.82, 2.24) is 0 Å². The number of aryl methyl sites for hydroxylation is 1. The van der Waals surface area contributed by atoms with Crippen LogP contribution in [0.3, 0.4) is 0 Å². The molecular weight excluding hydrogens is 324 g/mol. The lowest BCUT2D eigenvalue weighted by molar-refractivity contribution is 0.309. The Kier molecular flexibility index (Phi) is 7.58. The first-order chi connectivity index (χ1) is 13.3. The van der Waals surface area contributed by atoms with Gasteiger partial charge >= 0.3 is 0 Å². The first-order valence-corrected chi connectivity index (χ1v) is 11.0. The maximum Gasteiger partial charge on any atom is 0.0245 e. The van der Waals surface area contributed by atoms with Crippen LogP contribution >= 0.6 is 0 Å². The van der Waals surface area contributed by atoms with Gasteiger partial charge in [0.05, 0.1) is 0 Å². The maximum atomic E-state index is 3.52. The molecule has 3 rings (SSSR count). The summed E-state index contributed by atoms with van der Waals surface area (Å²) in [6.45, 7) is 4.58. The second-order valence-electron chi connectivity index (χ2n) is 8.13.